The second kappa shape index (κ2) is 11.2. The number of rotatable bonds is 0. The summed E-state index contributed by atoms with van der Waals surface area (Å²) in [6.45, 7) is 1.93. The quantitative estimate of drug-likeness (QED) is 0.392. The van der Waals surface area contributed by atoms with Gasteiger partial charge in [-0.3, -0.25) is 4.99 Å². The normalized spacial score (nSPS) is 18.1. The molecule has 7 heteroatoms. The van der Waals surface area contributed by atoms with Gasteiger partial charge in [0.15, 0.2) is 0 Å². The fraction of sp³-hybridized carbons (Fsp3) is 0.636. The minimum absolute atomic E-state index is 0. The second-order valence-electron chi connectivity index (χ2n) is 3.02. The molecule has 0 aliphatic carbocycles. The fourth-order valence-electron chi connectivity index (χ4n) is 1.48. The maximum Gasteiger partial charge on any atom is 0.400 e. The molecule has 0 saturated heterocycles. The first kappa shape index (κ1) is 22.3. The SMILES string of the molecule is CCO.CN=C1C(=NC)[N+](C)=C(OC)N1C.[CH3-].[Ni]. The fourth-order valence-corrected chi connectivity index (χ4v) is 1.48. The zero-order valence-corrected chi connectivity index (χ0v) is 13.2. The van der Waals surface area contributed by atoms with Crippen LogP contribution in [0.4, 0.5) is 0 Å². The number of amidine groups is 3. The molecule has 0 unspecified atom stereocenters. The summed E-state index contributed by atoms with van der Waals surface area (Å²) in [7, 11) is 8.91. The van der Waals surface area contributed by atoms with E-state index in [4.69, 9.17) is 9.84 Å². The van der Waals surface area contributed by atoms with Crippen LogP contribution < -0.4 is 0 Å². The summed E-state index contributed by atoms with van der Waals surface area (Å²) in [6.07, 6.45) is 0. The molecule has 0 aromatic rings. The van der Waals surface area contributed by atoms with Gasteiger partial charge in [0.25, 0.3) is 5.84 Å². The Balaban J connectivity index is -0.000000410. The molecule has 0 fully saturated rings. The van der Waals surface area contributed by atoms with Gasteiger partial charge in [-0.05, 0) is 6.92 Å². The molecule has 0 aromatic carbocycles. The Morgan fingerprint density at radius 2 is 1.78 bits per heavy atom. The van der Waals surface area contributed by atoms with E-state index in [9.17, 15) is 0 Å². The molecule has 110 valence electrons. The number of aliphatic imine (C=N–C) groups is 2. The van der Waals surface area contributed by atoms with Crippen molar-refractivity contribution in [3.05, 3.63) is 7.43 Å². The van der Waals surface area contributed by atoms with Crippen LogP contribution in [0.2, 0.25) is 0 Å². The van der Waals surface area contributed by atoms with E-state index in [-0.39, 0.29) is 30.5 Å². The molecule has 1 aliphatic rings. The van der Waals surface area contributed by atoms with E-state index in [0.29, 0.717) is 0 Å². The van der Waals surface area contributed by atoms with Gasteiger partial charge in [-0.25, -0.2) is 4.90 Å². The van der Waals surface area contributed by atoms with Crippen molar-refractivity contribution in [2.75, 3.05) is 41.9 Å². The largest absolute Gasteiger partial charge is 0.446 e. The van der Waals surface area contributed by atoms with E-state index in [0.717, 1.165) is 17.7 Å². The summed E-state index contributed by atoms with van der Waals surface area (Å²) >= 11 is 0. The van der Waals surface area contributed by atoms with Gasteiger partial charge < -0.3 is 17.3 Å². The third-order valence-corrected chi connectivity index (χ3v) is 2.02. The molecule has 0 amide bonds. The second-order valence-corrected chi connectivity index (χ2v) is 3.02. The standard InChI is InChI=1S/C8H15N4O.C2H6O.CH3.Ni/c1-9-6-7(10-2)12(4)8(13-5)11(6)3;1-2-3;;/h1-5H3;3H,2H2,1H3;1H3;/q+1;;-1;. The Morgan fingerprint density at radius 1 is 1.33 bits per heavy atom. The predicted molar refractivity (Wildman–Crippen MR) is 71.9 cm³/mol. The van der Waals surface area contributed by atoms with Gasteiger partial charge in [0.05, 0.1) is 28.3 Å². The summed E-state index contributed by atoms with van der Waals surface area (Å²) in [5.74, 6) is 1.64. The summed E-state index contributed by atoms with van der Waals surface area (Å²) in [5, 5.41) is 7.57. The molecule has 0 radical (unpaired) electrons. The Hall–Kier alpha value is -0.936. The number of ether oxygens (including phenoxy) is 1. The average molecular weight is 303 g/mol. The van der Waals surface area contributed by atoms with Crippen molar-refractivity contribution in [3.8, 4) is 0 Å². The van der Waals surface area contributed by atoms with E-state index in [1.54, 1.807) is 28.1 Å². The number of likely N-dealkylation sites (N-methyl/N-ethyl adjacent to an activating group) is 2. The van der Waals surface area contributed by atoms with Gasteiger partial charge in [0.2, 0.25) is 0 Å². The average Bonchev–Trinajstić information content (AvgIpc) is 2.50. The number of methoxy groups -OCH3 is 1. The van der Waals surface area contributed by atoms with Crippen LogP contribution >= 0.6 is 0 Å². The van der Waals surface area contributed by atoms with Crippen molar-refractivity contribution in [1.29, 1.82) is 0 Å². The van der Waals surface area contributed by atoms with E-state index in [1.807, 2.05) is 23.6 Å². The summed E-state index contributed by atoms with van der Waals surface area (Å²) in [4.78, 5) is 10.1. The number of aliphatic hydroxyl groups excluding tert-OH is 1. The zero-order valence-electron chi connectivity index (χ0n) is 12.2. The minimum Gasteiger partial charge on any atom is -0.446 e. The van der Waals surface area contributed by atoms with Gasteiger partial charge in [-0.15, -0.1) is 4.99 Å². The van der Waals surface area contributed by atoms with Crippen molar-refractivity contribution in [2.24, 2.45) is 9.98 Å². The van der Waals surface area contributed by atoms with Gasteiger partial charge >= 0.3 is 11.9 Å². The minimum atomic E-state index is 0. The third-order valence-electron chi connectivity index (χ3n) is 2.02. The van der Waals surface area contributed by atoms with Gasteiger partial charge in [0.1, 0.15) is 0 Å². The number of hydrogen-bond acceptors (Lipinski definition) is 4. The summed E-state index contributed by atoms with van der Waals surface area (Å²) in [5.41, 5.74) is 0. The molecule has 0 aromatic heterocycles. The van der Waals surface area contributed by atoms with Crippen molar-refractivity contribution in [1.82, 2.24) is 4.90 Å². The first-order chi connectivity index (χ1) is 7.58. The van der Waals surface area contributed by atoms with E-state index in [2.05, 4.69) is 9.98 Å². The van der Waals surface area contributed by atoms with Crippen LogP contribution in [0.1, 0.15) is 6.92 Å². The molecule has 1 N–H and O–H groups in total. The molecule has 6 nitrogen and oxygen atoms in total. The first-order valence-corrected chi connectivity index (χ1v) is 5.02. The van der Waals surface area contributed by atoms with E-state index >= 15 is 0 Å². The van der Waals surface area contributed by atoms with Crippen LogP contribution in [0, 0.1) is 7.43 Å². The third kappa shape index (κ3) is 4.74. The Labute approximate surface area is 120 Å². The van der Waals surface area contributed by atoms with Crippen molar-refractivity contribution in [2.45, 2.75) is 6.92 Å². The molecule has 0 bridgehead atoms. The van der Waals surface area contributed by atoms with Crippen LogP contribution in [0.5, 0.6) is 0 Å². The van der Waals surface area contributed by atoms with Crippen LogP contribution in [0.3, 0.4) is 0 Å². The van der Waals surface area contributed by atoms with Gasteiger partial charge in [-0.1, -0.05) is 0 Å². The zero-order chi connectivity index (χ0) is 12.7. The van der Waals surface area contributed by atoms with Crippen LogP contribution in [0.15, 0.2) is 9.98 Å². The molecule has 0 atom stereocenters. The topological polar surface area (TPSA) is 60.4 Å². The predicted octanol–water partition coefficient (Wildman–Crippen LogP) is 0.0795. The van der Waals surface area contributed by atoms with Gasteiger partial charge in [-0.2, -0.15) is 4.58 Å². The maximum absolute atomic E-state index is 7.57. The molecule has 0 spiro atoms. The van der Waals surface area contributed by atoms with Gasteiger partial charge in [0, 0.05) is 30.1 Å². The maximum atomic E-state index is 7.57. The summed E-state index contributed by atoms with van der Waals surface area (Å²) in [6, 6.07) is 0.737. The number of nitrogens with zero attached hydrogens (tertiary/aromatic N) is 4. The Bertz CT molecular complexity index is 327. The molecular weight excluding hydrogens is 279 g/mol. The summed E-state index contributed by atoms with van der Waals surface area (Å²) < 4.78 is 7.07. The monoisotopic (exact) mass is 302 g/mol. The Kier molecular flexibility index (Phi) is 13.8. The number of aliphatic hydroxyl groups is 1. The first-order valence-electron chi connectivity index (χ1n) is 5.02. The number of hydrogen-bond donors (Lipinski definition) is 1. The molecular formula is C11H24N4NiO2. The van der Waals surface area contributed by atoms with Crippen LogP contribution in [-0.2, 0) is 21.2 Å². The molecule has 18 heavy (non-hydrogen) atoms. The van der Waals surface area contributed by atoms with Crippen molar-refractivity contribution >= 4 is 17.7 Å². The van der Waals surface area contributed by atoms with Crippen LogP contribution in [-0.4, -0.2) is 74.2 Å². The van der Waals surface area contributed by atoms with Crippen LogP contribution in [0.25, 0.3) is 0 Å². The molecule has 0 saturated carbocycles. The molecule has 1 rings (SSSR count). The van der Waals surface area contributed by atoms with E-state index < -0.39 is 0 Å². The van der Waals surface area contributed by atoms with Crippen molar-refractivity contribution in [3.63, 3.8) is 0 Å². The molecule has 1 heterocycles. The van der Waals surface area contributed by atoms with Crippen molar-refractivity contribution < 1.29 is 30.9 Å². The van der Waals surface area contributed by atoms with E-state index in [1.165, 1.54) is 0 Å². The Morgan fingerprint density at radius 3 is 2.00 bits per heavy atom. The smallest absolute Gasteiger partial charge is 0.400 e. The molecule has 1 aliphatic heterocycles.